The minimum atomic E-state index is -0.438. The smallest absolute Gasteiger partial charge is 0.269 e. The van der Waals surface area contributed by atoms with Crippen LogP contribution in [0.3, 0.4) is 0 Å². The second kappa shape index (κ2) is 11.0. The molecular weight excluding hydrogens is 430 g/mol. The summed E-state index contributed by atoms with van der Waals surface area (Å²) in [6.45, 7) is 3.98. The van der Waals surface area contributed by atoms with Crippen molar-refractivity contribution in [1.29, 1.82) is 0 Å². The second-order valence-corrected chi connectivity index (χ2v) is 7.74. The first-order valence-electron chi connectivity index (χ1n) is 9.62. The van der Waals surface area contributed by atoms with Crippen molar-refractivity contribution in [2.45, 2.75) is 25.6 Å². The number of hydrogen-bond donors (Lipinski definition) is 1. The zero-order valence-corrected chi connectivity index (χ0v) is 18.3. The van der Waals surface area contributed by atoms with E-state index in [2.05, 4.69) is 20.5 Å². The number of nitrogens with one attached hydrogen (secondary N) is 1. The summed E-state index contributed by atoms with van der Waals surface area (Å²) in [4.78, 5) is 30.9. The Labute approximate surface area is 189 Å². The third-order valence-corrected chi connectivity index (χ3v) is 4.95. The van der Waals surface area contributed by atoms with Crippen molar-refractivity contribution in [3.8, 4) is 5.75 Å². The standard InChI is InChI=1S/C22H21N5O4S/c1-15-10-16(2)25-22(24-15)32-14-21(28)26-23-12-17-6-8-20(9-7-17)31-13-18-4-3-5-19(11-18)27(29)30/h3-12H,13-14H2,1-2H3,(H,26,28)/b23-12-. The summed E-state index contributed by atoms with van der Waals surface area (Å²) in [6.07, 6.45) is 1.53. The SMILES string of the molecule is Cc1cc(C)nc(SCC(=O)N/N=C\c2ccc(OCc3cccc([N+](=O)[O-])c3)cc2)n1. The van der Waals surface area contributed by atoms with Crippen LogP contribution in [0.15, 0.2) is 64.9 Å². The molecule has 0 saturated heterocycles. The van der Waals surface area contributed by atoms with Crippen LogP contribution >= 0.6 is 11.8 Å². The molecule has 1 N–H and O–H groups in total. The fourth-order valence-corrected chi connectivity index (χ4v) is 3.42. The number of benzene rings is 2. The van der Waals surface area contributed by atoms with Gasteiger partial charge in [-0.15, -0.1) is 0 Å². The first kappa shape index (κ1) is 22.9. The average molecular weight is 452 g/mol. The molecule has 3 aromatic rings. The van der Waals surface area contributed by atoms with Gasteiger partial charge in [0.05, 0.1) is 16.9 Å². The predicted molar refractivity (Wildman–Crippen MR) is 122 cm³/mol. The van der Waals surface area contributed by atoms with E-state index in [1.807, 2.05) is 19.9 Å². The molecule has 0 aliphatic carbocycles. The highest BCUT2D eigenvalue weighted by Gasteiger charge is 2.07. The van der Waals surface area contributed by atoms with Gasteiger partial charge in [-0.1, -0.05) is 23.9 Å². The molecule has 0 radical (unpaired) electrons. The van der Waals surface area contributed by atoms with Crippen molar-refractivity contribution in [3.05, 3.63) is 87.2 Å². The number of non-ortho nitro benzene ring substituents is 1. The molecule has 0 unspecified atom stereocenters. The summed E-state index contributed by atoms with van der Waals surface area (Å²) in [7, 11) is 0. The van der Waals surface area contributed by atoms with E-state index in [9.17, 15) is 14.9 Å². The number of hydrazone groups is 1. The normalized spacial score (nSPS) is 10.8. The Balaban J connectivity index is 1.45. The molecule has 1 aromatic heterocycles. The van der Waals surface area contributed by atoms with E-state index in [0.717, 1.165) is 17.0 Å². The van der Waals surface area contributed by atoms with Gasteiger partial charge in [0, 0.05) is 23.5 Å². The summed E-state index contributed by atoms with van der Waals surface area (Å²) in [6, 6.07) is 15.3. The van der Waals surface area contributed by atoms with Crippen LogP contribution in [0.1, 0.15) is 22.5 Å². The van der Waals surface area contributed by atoms with Gasteiger partial charge < -0.3 is 4.74 Å². The zero-order valence-electron chi connectivity index (χ0n) is 17.5. The van der Waals surface area contributed by atoms with Gasteiger partial charge in [0.15, 0.2) is 5.16 Å². The number of nitro benzene ring substituents is 1. The molecule has 0 aliphatic heterocycles. The maximum absolute atomic E-state index is 12.0. The average Bonchev–Trinajstić information content (AvgIpc) is 2.77. The van der Waals surface area contributed by atoms with Gasteiger partial charge in [0.1, 0.15) is 12.4 Å². The van der Waals surface area contributed by atoms with Crippen molar-refractivity contribution in [2.75, 3.05) is 5.75 Å². The third-order valence-electron chi connectivity index (χ3n) is 4.10. The van der Waals surface area contributed by atoms with E-state index in [4.69, 9.17) is 4.74 Å². The molecule has 0 atom stereocenters. The summed E-state index contributed by atoms with van der Waals surface area (Å²) in [5.74, 6) is 0.512. The number of carbonyl (C=O) groups excluding carboxylic acids is 1. The van der Waals surface area contributed by atoms with Crippen molar-refractivity contribution < 1.29 is 14.5 Å². The molecule has 0 spiro atoms. The molecule has 0 bridgehead atoms. The molecule has 1 amide bonds. The van der Waals surface area contributed by atoms with E-state index in [1.165, 1.54) is 30.1 Å². The van der Waals surface area contributed by atoms with Crippen molar-refractivity contribution >= 4 is 29.6 Å². The van der Waals surface area contributed by atoms with Crippen molar-refractivity contribution in [2.24, 2.45) is 5.10 Å². The van der Waals surface area contributed by atoms with Gasteiger partial charge in [-0.05, 0) is 55.3 Å². The summed E-state index contributed by atoms with van der Waals surface area (Å²) in [5, 5.41) is 15.4. The highest BCUT2D eigenvalue weighted by molar-refractivity contribution is 7.99. The van der Waals surface area contributed by atoms with Crippen LogP contribution in [-0.2, 0) is 11.4 Å². The monoisotopic (exact) mass is 451 g/mol. The molecule has 0 saturated carbocycles. The lowest BCUT2D eigenvalue weighted by atomic mass is 10.2. The topological polar surface area (TPSA) is 120 Å². The summed E-state index contributed by atoms with van der Waals surface area (Å²) < 4.78 is 5.66. The largest absolute Gasteiger partial charge is 0.489 e. The molecule has 32 heavy (non-hydrogen) atoms. The number of amides is 1. The maximum atomic E-state index is 12.0. The minimum Gasteiger partial charge on any atom is -0.489 e. The first-order chi connectivity index (χ1) is 15.4. The predicted octanol–water partition coefficient (Wildman–Crippen LogP) is 3.82. The number of rotatable bonds is 9. The first-order valence-corrected chi connectivity index (χ1v) is 10.6. The summed E-state index contributed by atoms with van der Waals surface area (Å²) in [5.41, 5.74) is 5.70. The maximum Gasteiger partial charge on any atom is 0.269 e. The summed E-state index contributed by atoms with van der Waals surface area (Å²) >= 11 is 1.25. The number of aryl methyl sites for hydroxylation is 2. The zero-order chi connectivity index (χ0) is 22.9. The van der Waals surface area contributed by atoms with Crippen LogP contribution in [-0.4, -0.2) is 32.8 Å². The highest BCUT2D eigenvalue weighted by Crippen LogP contribution is 2.17. The van der Waals surface area contributed by atoms with Gasteiger partial charge in [0.2, 0.25) is 0 Å². The van der Waals surface area contributed by atoms with Crippen LogP contribution in [0.2, 0.25) is 0 Å². The lowest BCUT2D eigenvalue weighted by Crippen LogP contribution is -2.19. The number of thioether (sulfide) groups is 1. The Kier molecular flexibility index (Phi) is 7.87. The van der Waals surface area contributed by atoms with E-state index in [1.54, 1.807) is 36.4 Å². The van der Waals surface area contributed by atoms with Gasteiger partial charge in [-0.3, -0.25) is 14.9 Å². The molecule has 0 fully saturated rings. The quantitative estimate of drug-likeness (QED) is 0.173. The van der Waals surface area contributed by atoms with Gasteiger partial charge >= 0.3 is 0 Å². The number of nitro groups is 1. The Bertz CT molecular complexity index is 1120. The molecule has 0 aliphatic rings. The lowest BCUT2D eigenvalue weighted by molar-refractivity contribution is -0.384. The third kappa shape index (κ3) is 7.17. The second-order valence-electron chi connectivity index (χ2n) is 6.80. The number of hydrogen-bond acceptors (Lipinski definition) is 8. The van der Waals surface area contributed by atoms with Crippen LogP contribution in [0.4, 0.5) is 5.69 Å². The minimum absolute atomic E-state index is 0.0274. The van der Waals surface area contributed by atoms with E-state index in [0.29, 0.717) is 16.5 Å². The van der Waals surface area contributed by atoms with Crippen molar-refractivity contribution in [3.63, 3.8) is 0 Å². The Morgan fingerprint density at radius 1 is 1.16 bits per heavy atom. The number of ether oxygens (including phenoxy) is 1. The van der Waals surface area contributed by atoms with Gasteiger partial charge in [-0.25, -0.2) is 15.4 Å². The molecule has 10 heteroatoms. The van der Waals surface area contributed by atoms with E-state index < -0.39 is 4.92 Å². The van der Waals surface area contributed by atoms with Gasteiger partial charge in [0.25, 0.3) is 11.6 Å². The molecule has 164 valence electrons. The van der Waals surface area contributed by atoms with E-state index >= 15 is 0 Å². The molecule has 9 nitrogen and oxygen atoms in total. The molecular formula is C22H21N5O4S. The fraction of sp³-hybridized carbons (Fsp3) is 0.182. The number of aromatic nitrogens is 2. The fourth-order valence-electron chi connectivity index (χ4n) is 2.68. The number of carbonyl (C=O) groups is 1. The molecule has 3 rings (SSSR count). The van der Waals surface area contributed by atoms with E-state index in [-0.39, 0.29) is 24.0 Å². The van der Waals surface area contributed by atoms with Crippen LogP contribution in [0.25, 0.3) is 0 Å². The van der Waals surface area contributed by atoms with Crippen LogP contribution in [0, 0.1) is 24.0 Å². The Hall–Kier alpha value is -3.79. The van der Waals surface area contributed by atoms with Crippen molar-refractivity contribution in [1.82, 2.24) is 15.4 Å². The number of nitrogens with zero attached hydrogens (tertiary/aromatic N) is 4. The Morgan fingerprint density at radius 3 is 2.56 bits per heavy atom. The lowest BCUT2D eigenvalue weighted by Gasteiger charge is -2.06. The van der Waals surface area contributed by atoms with Crippen LogP contribution < -0.4 is 10.2 Å². The van der Waals surface area contributed by atoms with Crippen LogP contribution in [0.5, 0.6) is 5.75 Å². The molecule has 2 aromatic carbocycles. The Morgan fingerprint density at radius 2 is 1.88 bits per heavy atom. The van der Waals surface area contributed by atoms with Gasteiger partial charge in [-0.2, -0.15) is 5.10 Å². The highest BCUT2D eigenvalue weighted by atomic mass is 32.2. The molecule has 1 heterocycles.